The van der Waals surface area contributed by atoms with Gasteiger partial charge in [0.2, 0.25) is 0 Å². The molecule has 1 N–H and O–H groups in total. The van der Waals surface area contributed by atoms with Gasteiger partial charge < -0.3 is 5.11 Å². The molecule has 2 aromatic rings. The Kier molecular flexibility index (Phi) is 2.42. The van der Waals surface area contributed by atoms with E-state index in [1.165, 1.54) is 0 Å². The lowest BCUT2D eigenvalue weighted by Gasteiger charge is -2.00. The number of carbonyl (C=O) groups is 2. The molecule has 1 aromatic carbocycles. The summed E-state index contributed by atoms with van der Waals surface area (Å²) in [6.45, 7) is 0. The van der Waals surface area contributed by atoms with Gasteiger partial charge in [-0.2, -0.15) is 4.68 Å². The van der Waals surface area contributed by atoms with Crippen LogP contribution < -0.4 is 0 Å². The zero-order valence-corrected chi connectivity index (χ0v) is 7.94. The van der Waals surface area contributed by atoms with Gasteiger partial charge in [-0.25, -0.2) is 4.79 Å². The fourth-order valence-corrected chi connectivity index (χ4v) is 1.19. The van der Waals surface area contributed by atoms with Crippen molar-refractivity contribution in [2.45, 2.75) is 0 Å². The topological polar surface area (TPSA) is 98.0 Å². The molecule has 16 heavy (non-hydrogen) atoms. The molecule has 7 heteroatoms. The van der Waals surface area contributed by atoms with Crippen LogP contribution in [0.15, 0.2) is 24.3 Å². The van der Waals surface area contributed by atoms with Gasteiger partial charge in [-0.3, -0.25) is 4.79 Å². The molecular formula is C9H6N4O3. The number of aromatic nitrogens is 4. The van der Waals surface area contributed by atoms with Crippen LogP contribution in [0.5, 0.6) is 0 Å². The zero-order chi connectivity index (χ0) is 11.5. The zero-order valence-electron chi connectivity index (χ0n) is 7.94. The van der Waals surface area contributed by atoms with Gasteiger partial charge in [-0.1, -0.05) is 0 Å². The highest BCUT2D eigenvalue weighted by molar-refractivity contribution is 5.83. The number of hydrogen-bond acceptors (Lipinski definition) is 5. The summed E-state index contributed by atoms with van der Waals surface area (Å²) in [5.41, 5.74) is 0.974. The van der Waals surface area contributed by atoms with Crippen molar-refractivity contribution in [1.82, 2.24) is 20.2 Å². The highest BCUT2D eigenvalue weighted by Gasteiger charge is 2.14. The van der Waals surface area contributed by atoms with Gasteiger partial charge in [0.05, 0.1) is 5.69 Å². The van der Waals surface area contributed by atoms with Crippen molar-refractivity contribution in [3.63, 3.8) is 0 Å². The average molecular weight is 218 g/mol. The molecule has 7 nitrogen and oxygen atoms in total. The second-order valence-electron chi connectivity index (χ2n) is 2.93. The van der Waals surface area contributed by atoms with E-state index in [9.17, 15) is 9.59 Å². The van der Waals surface area contributed by atoms with Crippen molar-refractivity contribution in [2.75, 3.05) is 0 Å². The lowest BCUT2D eigenvalue weighted by atomic mass is 10.2. The Hall–Kier alpha value is -2.57. The van der Waals surface area contributed by atoms with Crippen LogP contribution in [-0.2, 0) is 0 Å². The van der Waals surface area contributed by atoms with E-state index in [2.05, 4.69) is 15.5 Å². The van der Waals surface area contributed by atoms with Crippen LogP contribution in [0.1, 0.15) is 21.0 Å². The fraction of sp³-hybridized carbons (Fsp3) is 0. The van der Waals surface area contributed by atoms with E-state index in [1.54, 1.807) is 24.3 Å². The molecule has 0 aliphatic carbocycles. The predicted molar refractivity (Wildman–Crippen MR) is 51.5 cm³/mol. The minimum Gasteiger partial charge on any atom is -0.475 e. The van der Waals surface area contributed by atoms with Crippen LogP contribution in [0.3, 0.4) is 0 Å². The van der Waals surface area contributed by atoms with Crippen molar-refractivity contribution in [3.8, 4) is 5.69 Å². The molecule has 0 aliphatic rings. The highest BCUT2D eigenvalue weighted by Crippen LogP contribution is 2.08. The minimum atomic E-state index is -1.22. The quantitative estimate of drug-likeness (QED) is 0.737. The average Bonchev–Trinajstić information content (AvgIpc) is 2.78. The van der Waals surface area contributed by atoms with Gasteiger partial charge in [0.15, 0.2) is 0 Å². The molecule has 0 amide bonds. The van der Waals surface area contributed by atoms with Gasteiger partial charge in [0.25, 0.3) is 5.82 Å². The summed E-state index contributed by atoms with van der Waals surface area (Å²) in [5.74, 6) is -1.50. The third-order valence-corrected chi connectivity index (χ3v) is 1.93. The van der Waals surface area contributed by atoms with Gasteiger partial charge in [-0.15, -0.1) is 5.10 Å². The number of aldehydes is 1. The van der Waals surface area contributed by atoms with Crippen LogP contribution in [-0.4, -0.2) is 37.6 Å². The Bertz CT molecular complexity index is 532. The molecule has 0 radical (unpaired) electrons. The molecule has 0 saturated carbocycles. The molecule has 0 aliphatic heterocycles. The number of carboxylic acid groups (broad SMARTS) is 1. The number of carbonyl (C=O) groups excluding carboxylic acids is 1. The Morgan fingerprint density at radius 1 is 1.31 bits per heavy atom. The first kappa shape index (κ1) is 9.97. The van der Waals surface area contributed by atoms with Crippen molar-refractivity contribution in [1.29, 1.82) is 0 Å². The first-order valence-electron chi connectivity index (χ1n) is 4.29. The van der Waals surface area contributed by atoms with Crippen LogP contribution in [0.4, 0.5) is 0 Å². The van der Waals surface area contributed by atoms with E-state index in [0.717, 1.165) is 4.68 Å². The Morgan fingerprint density at radius 2 is 2.00 bits per heavy atom. The number of aromatic carboxylic acids is 1. The summed E-state index contributed by atoms with van der Waals surface area (Å²) in [5, 5.41) is 19.0. The van der Waals surface area contributed by atoms with Gasteiger partial charge in [-0.05, 0) is 34.7 Å². The normalized spacial score (nSPS) is 10.0. The molecule has 0 bridgehead atoms. The predicted octanol–water partition coefficient (Wildman–Crippen LogP) is 0.173. The summed E-state index contributed by atoms with van der Waals surface area (Å²) in [4.78, 5) is 21.2. The van der Waals surface area contributed by atoms with Crippen molar-refractivity contribution in [3.05, 3.63) is 35.7 Å². The van der Waals surface area contributed by atoms with Gasteiger partial charge in [0.1, 0.15) is 6.29 Å². The highest BCUT2D eigenvalue weighted by atomic mass is 16.4. The molecule has 0 unspecified atom stereocenters. The molecule has 0 spiro atoms. The maximum Gasteiger partial charge on any atom is 0.376 e. The molecule has 0 saturated heterocycles. The molecular weight excluding hydrogens is 212 g/mol. The molecule has 0 fully saturated rings. The standard InChI is InChI=1S/C9H6N4O3/c14-5-6-1-3-7(4-2-6)13-8(9(15)16)10-11-12-13/h1-5H,(H,15,16). The number of nitrogens with zero attached hydrogens (tertiary/aromatic N) is 4. The van der Waals surface area contributed by atoms with Crippen molar-refractivity contribution in [2.24, 2.45) is 0 Å². The summed E-state index contributed by atoms with van der Waals surface area (Å²) < 4.78 is 1.08. The van der Waals surface area contributed by atoms with E-state index < -0.39 is 5.97 Å². The van der Waals surface area contributed by atoms with Crippen LogP contribution in [0.25, 0.3) is 5.69 Å². The van der Waals surface area contributed by atoms with E-state index in [-0.39, 0.29) is 5.82 Å². The summed E-state index contributed by atoms with van der Waals surface area (Å²) >= 11 is 0. The molecule has 1 heterocycles. The van der Waals surface area contributed by atoms with E-state index in [0.29, 0.717) is 17.5 Å². The molecule has 80 valence electrons. The maximum absolute atomic E-state index is 10.8. The molecule has 2 rings (SSSR count). The molecule has 1 aromatic heterocycles. The minimum absolute atomic E-state index is 0.279. The van der Waals surface area contributed by atoms with Crippen LogP contribution in [0.2, 0.25) is 0 Å². The largest absolute Gasteiger partial charge is 0.475 e. The lowest BCUT2D eigenvalue weighted by molar-refractivity contribution is 0.0680. The monoisotopic (exact) mass is 218 g/mol. The summed E-state index contributed by atoms with van der Waals surface area (Å²) in [6, 6.07) is 6.23. The molecule has 0 atom stereocenters. The number of carboxylic acids is 1. The number of benzene rings is 1. The van der Waals surface area contributed by atoms with Crippen LogP contribution >= 0.6 is 0 Å². The van der Waals surface area contributed by atoms with E-state index in [4.69, 9.17) is 5.11 Å². The van der Waals surface area contributed by atoms with E-state index >= 15 is 0 Å². The summed E-state index contributed by atoms with van der Waals surface area (Å²) in [6.07, 6.45) is 0.696. The third-order valence-electron chi connectivity index (χ3n) is 1.93. The third kappa shape index (κ3) is 1.65. The first-order valence-corrected chi connectivity index (χ1v) is 4.29. The fourth-order valence-electron chi connectivity index (χ4n) is 1.19. The SMILES string of the molecule is O=Cc1ccc(-n2nnnc2C(=O)O)cc1. The lowest BCUT2D eigenvalue weighted by Crippen LogP contribution is -2.09. The van der Waals surface area contributed by atoms with Gasteiger partial charge in [0, 0.05) is 5.56 Å². The van der Waals surface area contributed by atoms with Crippen molar-refractivity contribution < 1.29 is 14.7 Å². The van der Waals surface area contributed by atoms with Gasteiger partial charge >= 0.3 is 5.97 Å². The van der Waals surface area contributed by atoms with Crippen molar-refractivity contribution >= 4 is 12.3 Å². The van der Waals surface area contributed by atoms with E-state index in [1.807, 2.05) is 0 Å². The number of tetrazole rings is 1. The number of rotatable bonds is 3. The second-order valence-corrected chi connectivity index (χ2v) is 2.93. The summed E-state index contributed by atoms with van der Waals surface area (Å²) in [7, 11) is 0. The Balaban J connectivity index is 2.46. The number of hydrogen-bond donors (Lipinski definition) is 1. The Morgan fingerprint density at radius 3 is 2.56 bits per heavy atom. The smallest absolute Gasteiger partial charge is 0.376 e. The maximum atomic E-state index is 10.8. The second kappa shape index (κ2) is 3.89. The Labute approximate surface area is 89.3 Å². The first-order chi connectivity index (χ1) is 7.72. The van der Waals surface area contributed by atoms with Crippen LogP contribution in [0, 0.1) is 0 Å².